The van der Waals surface area contributed by atoms with Crippen LogP contribution in [0.2, 0.25) is 0 Å². The number of Topliss-reactive ketones (excluding diaryl/α,β-unsaturated/α-hetero) is 1. The van der Waals surface area contributed by atoms with Gasteiger partial charge in [-0.2, -0.15) is 0 Å². The normalized spacial score (nSPS) is 18.2. The summed E-state index contributed by atoms with van der Waals surface area (Å²) >= 11 is 5.22. The van der Waals surface area contributed by atoms with E-state index >= 15 is 0 Å². The van der Waals surface area contributed by atoms with Crippen molar-refractivity contribution in [2.75, 3.05) is 14.2 Å². The first kappa shape index (κ1) is 20.3. The summed E-state index contributed by atoms with van der Waals surface area (Å²) in [5.74, 6) is -0.690. The number of nitrogens with one attached hydrogen (secondary N) is 1. The molecule has 2 aliphatic rings. The van der Waals surface area contributed by atoms with Gasteiger partial charge in [0.1, 0.15) is 17.0 Å². The van der Waals surface area contributed by atoms with E-state index in [4.69, 9.17) is 26.4 Å². The van der Waals surface area contributed by atoms with Gasteiger partial charge in [0.2, 0.25) is 5.78 Å². The quantitative estimate of drug-likeness (QED) is 0.257. The molecule has 1 amide bonds. The van der Waals surface area contributed by atoms with Crippen molar-refractivity contribution in [3.05, 3.63) is 71.1 Å². The molecule has 1 fully saturated rings. The molecule has 0 unspecified atom stereocenters. The number of carbonyl (C=O) groups excluding carboxylic acids is 3. The molecule has 0 saturated carbocycles. The molecule has 0 spiro atoms. The third-order valence-corrected chi connectivity index (χ3v) is 4.98. The Balaban J connectivity index is 1.64. The minimum Gasteiger partial charge on any atom is -0.493 e. The number of ether oxygens (including phenoxy) is 3. The van der Waals surface area contributed by atoms with Crippen molar-refractivity contribution in [3.63, 3.8) is 0 Å². The Labute approximate surface area is 182 Å². The van der Waals surface area contributed by atoms with E-state index < -0.39 is 17.7 Å². The van der Waals surface area contributed by atoms with Crippen LogP contribution in [0.3, 0.4) is 0 Å². The molecule has 1 saturated heterocycles. The first-order chi connectivity index (χ1) is 14.9. The second-order valence-electron chi connectivity index (χ2n) is 6.54. The average molecular weight is 436 g/mol. The number of rotatable bonds is 4. The fraction of sp³-hybridized carbons (Fsp3) is 0.0909. The van der Waals surface area contributed by atoms with Crippen molar-refractivity contribution in [1.82, 2.24) is 10.2 Å². The van der Waals surface area contributed by atoms with Gasteiger partial charge >= 0.3 is 5.97 Å². The Morgan fingerprint density at radius 3 is 2.52 bits per heavy atom. The second-order valence-corrected chi connectivity index (χ2v) is 6.92. The van der Waals surface area contributed by atoms with Gasteiger partial charge in [-0.25, -0.2) is 4.79 Å². The zero-order valence-corrected chi connectivity index (χ0v) is 17.3. The molecule has 156 valence electrons. The molecule has 0 bridgehead atoms. The van der Waals surface area contributed by atoms with E-state index in [9.17, 15) is 14.4 Å². The zero-order valence-electron chi connectivity index (χ0n) is 16.5. The van der Waals surface area contributed by atoms with Crippen LogP contribution in [0.15, 0.2) is 59.9 Å². The van der Waals surface area contributed by atoms with Crippen LogP contribution in [0.1, 0.15) is 15.9 Å². The van der Waals surface area contributed by atoms with Crippen molar-refractivity contribution < 1.29 is 28.6 Å². The minimum absolute atomic E-state index is 0.0312. The minimum atomic E-state index is -0.850. The standard InChI is InChI=1S/C22H16N2O6S/c1-28-17-8-7-12(10-18(17)29-2)9-15-20(26)24(22(31)23-15)11-14-19(25)13-5-3-4-6-16(13)30-21(14)27/h3-11H,1-2H3,(H,23,31)/b14-11-,15-9+. The fourth-order valence-corrected chi connectivity index (χ4v) is 3.40. The number of methoxy groups -OCH3 is 2. The van der Waals surface area contributed by atoms with E-state index in [0.717, 1.165) is 11.1 Å². The van der Waals surface area contributed by atoms with E-state index in [1.807, 2.05) is 0 Å². The molecule has 0 radical (unpaired) electrons. The maximum atomic E-state index is 12.9. The van der Waals surface area contributed by atoms with Gasteiger partial charge in [-0.1, -0.05) is 18.2 Å². The largest absolute Gasteiger partial charge is 0.493 e. The molecule has 1 N–H and O–H groups in total. The number of thiocarbonyl (C=S) groups is 1. The topological polar surface area (TPSA) is 94.2 Å². The summed E-state index contributed by atoms with van der Waals surface area (Å²) in [6, 6.07) is 11.5. The number of esters is 1. The Bertz CT molecular complexity index is 1200. The van der Waals surface area contributed by atoms with Crippen LogP contribution >= 0.6 is 12.2 Å². The highest BCUT2D eigenvalue weighted by molar-refractivity contribution is 7.80. The molecule has 0 aromatic heterocycles. The maximum absolute atomic E-state index is 12.9. The van der Waals surface area contributed by atoms with Gasteiger partial charge in [0.25, 0.3) is 5.91 Å². The van der Waals surface area contributed by atoms with Crippen LogP contribution in [-0.4, -0.2) is 41.9 Å². The summed E-state index contributed by atoms with van der Waals surface area (Å²) in [5.41, 5.74) is 0.780. The van der Waals surface area contributed by atoms with Gasteiger partial charge in [-0.3, -0.25) is 14.5 Å². The summed E-state index contributed by atoms with van der Waals surface area (Å²) < 4.78 is 15.7. The molecule has 9 heteroatoms. The summed E-state index contributed by atoms with van der Waals surface area (Å²) in [6.07, 6.45) is 2.68. The van der Waals surface area contributed by atoms with E-state index in [1.165, 1.54) is 20.3 Å². The van der Waals surface area contributed by atoms with Crippen molar-refractivity contribution in [2.45, 2.75) is 0 Å². The maximum Gasteiger partial charge on any atom is 0.349 e. The molecule has 8 nitrogen and oxygen atoms in total. The second kappa shape index (κ2) is 8.04. The van der Waals surface area contributed by atoms with Crippen LogP contribution in [-0.2, 0) is 9.59 Å². The Kier molecular flexibility index (Phi) is 5.26. The lowest BCUT2D eigenvalue weighted by atomic mass is 10.0. The molecular weight excluding hydrogens is 420 g/mol. The SMILES string of the molecule is COc1ccc(/C=C2/NC(=S)N(/C=C3\C(=O)Oc4ccccc4C3=O)C2=O)cc1OC. The van der Waals surface area contributed by atoms with Crippen LogP contribution in [0.4, 0.5) is 0 Å². The zero-order chi connectivity index (χ0) is 22.1. The van der Waals surface area contributed by atoms with Crippen molar-refractivity contribution in [3.8, 4) is 17.2 Å². The van der Waals surface area contributed by atoms with Gasteiger partial charge in [-0.15, -0.1) is 0 Å². The molecule has 0 aliphatic carbocycles. The highest BCUT2D eigenvalue weighted by atomic mass is 32.1. The number of fused-ring (bicyclic) bond motifs is 1. The lowest BCUT2D eigenvalue weighted by molar-refractivity contribution is -0.130. The highest BCUT2D eigenvalue weighted by Gasteiger charge is 2.35. The lowest BCUT2D eigenvalue weighted by Crippen LogP contribution is -2.31. The lowest BCUT2D eigenvalue weighted by Gasteiger charge is -2.18. The third-order valence-electron chi connectivity index (χ3n) is 4.69. The molecule has 2 aliphatic heterocycles. The number of para-hydroxylation sites is 1. The summed E-state index contributed by atoms with van der Waals surface area (Å²) in [7, 11) is 3.03. The molecule has 2 aromatic carbocycles. The van der Waals surface area contributed by atoms with Gasteiger partial charge in [0.05, 0.1) is 19.8 Å². The molecule has 31 heavy (non-hydrogen) atoms. The van der Waals surface area contributed by atoms with Crippen LogP contribution < -0.4 is 19.5 Å². The molecule has 2 aromatic rings. The van der Waals surface area contributed by atoms with Gasteiger partial charge in [0.15, 0.2) is 16.6 Å². The fourth-order valence-electron chi connectivity index (χ4n) is 3.15. The van der Waals surface area contributed by atoms with Crippen molar-refractivity contribution in [1.29, 1.82) is 0 Å². The van der Waals surface area contributed by atoms with Crippen LogP contribution in [0, 0.1) is 0 Å². The Morgan fingerprint density at radius 1 is 1.03 bits per heavy atom. The number of hydrogen-bond acceptors (Lipinski definition) is 7. The number of ketones is 1. The number of amides is 1. The van der Waals surface area contributed by atoms with E-state index in [-0.39, 0.29) is 27.7 Å². The van der Waals surface area contributed by atoms with E-state index in [1.54, 1.807) is 42.5 Å². The predicted octanol–water partition coefficient (Wildman–Crippen LogP) is 2.45. The average Bonchev–Trinajstić information content (AvgIpc) is 3.03. The predicted molar refractivity (Wildman–Crippen MR) is 115 cm³/mol. The highest BCUT2D eigenvalue weighted by Crippen LogP contribution is 2.30. The number of hydrogen-bond donors (Lipinski definition) is 1. The Hall–Kier alpha value is -3.98. The summed E-state index contributed by atoms with van der Waals surface area (Å²) in [6.45, 7) is 0. The number of benzene rings is 2. The monoisotopic (exact) mass is 436 g/mol. The summed E-state index contributed by atoms with van der Waals surface area (Å²) in [4.78, 5) is 38.9. The van der Waals surface area contributed by atoms with Gasteiger partial charge in [-0.05, 0) is 48.1 Å². The number of carbonyl (C=O) groups is 3. The Morgan fingerprint density at radius 2 is 1.77 bits per heavy atom. The molecule has 2 heterocycles. The first-order valence-electron chi connectivity index (χ1n) is 9.09. The number of nitrogens with zero attached hydrogens (tertiary/aromatic N) is 1. The smallest absolute Gasteiger partial charge is 0.349 e. The van der Waals surface area contributed by atoms with Crippen molar-refractivity contribution >= 4 is 41.1 Å². The van der Waals surface area contributed by atoms with Crippen molar-refractivity contribution in [2.24, 2.45) is 0 Å². The van der Waals surface area contributed by atoms with E-state index in [2.05, 4.69) is 5.32 Å². The summed E-state index contributed by atoms with van der Waals surface area (Å²) in [5, 5.41) is 2.83. The van der Waals surface area contributed by atoms with Gasteiger partial charge < -0.3 is 19.5 Å². The first-order valence-corrected chi connectivity index (χ1v) is 9.49. The van der Waals surface area contributed by atoms with Crippen LogP contribution in [0.5, 0.6) is 17.2 Å². The van der Waals surface area contributed by atoms with E-state index in [0.29, 0.717) is 17.1 Å². The van der Waals surface area contributed by atoms with Gasteiger partial charge in [0, 0.05) is 6.20 Å². The van der Waals surface area contributed by atoms with Crippen LogP contribution in [0.25, 0.3) is 6.08 Å². The third kappa shape index (κ3) is 3.66. The molecular formula is C22H16N2O6S. The molecule has 4 rings (SSSR count). The molecule has 0 atom stereocenters.